The molecule has 4 heteroatoms. The third kappa shape index (κ3) is 1.84. The summed E-state index contributed by atoms with van der Waals surface area (Å²) in [6.07, 6.45) is 0. The number of amides is 2. The number of rotatable bonds is 0. The molecule has 0 unspecified atom stereocenters. The second kappa shape index (κ2) is 2.78. The van der Waals surface area contributed by atoms with Crippen LogP contribution in [0.5, 0.6) is 0 Å². The number of hydrogen-bond acceptors (Lipinski definition) is 1. The predicted octanol–water partition coefficient (Wildman–Crippen LogP) is 0.0988. The minimum absolute atomic E-state index is 0.642. The van der Waals surface area contributed by atoms with Crippen LogP contribution in [0, 0.1) is 0 Å². The Labute approximate surface area is 40.8 Å². The molecule has 6 heavy (non-hydrogen) atoms. The lowest BCUT2D eigenvalue weighted by Gasteiger charge is -1.80. The van der Waals surface area contributed by atoms with Crippen LogP contribution in [0.2, 0.25) is 0 Å². The van der Waals surface area contributed by atoms with E-state index in [0.29, 0.717) is 0 Å². The summed E-state index contributed by atoms with van der Waals surface area (Å²) in [5, 5.41) is 3.07. The van der Waals surface area contributed by atoms with E-state index < -0.39 is 6.03 Å². The number of nitrogens with zero attached hydrogens (tertiary/aromatic N) is 2. The number of halogens is 1. The quantitative estimate of drug-likeness (QED) is 0.432. The molecule has 0 aliphatic heterocycles. The van der Waals surface area contributed by atoms with Crippen LogP contribution in [-0.4, -0.2) is 13.1 Å². The van der Waals surface area contributed by atoms with Crippen molar-refractivity contribution in [3.63, 3.8) is 0 Å². The van der Waals surface area contributed by atoms with E-state index >= 15 is 0 Å². The van der Waals surface area contributed by atoms with Crippen molar-refractivity contribution in [2.75, 3.05) is 7.05 Å². The van der Waals surface area contributed by atoms with E-state index in [1.54, 1.807) is 0 Å². The van der Waals surface area contributed by atoms with E-state index in [-0.39, 0.29) is 0 Å². The van der Waals surface area contributed by atoms with Gasteiger partial charge in [0.15, 0.2) is 0 Å². The fourth-order valence-electron chi connectivity index (χ4n) is 0.0378. The van der Waals surface area contributed by atoms with Gasteiger partial charge in [0.25, 0.3) is 0 Å². The first-order valence-electron chi connectivity index (χ1n) is 1.27. The Kier molecular flexibility index (Phi) is 2.58. The minimum Gasteiger partial charge on any atom is -0.243 e. The number of hydrogen-bond donors (Lipinski definition) is 0. The molecule has 0 aromatic carbocycles. The van der Waals surface area contributed by atoms with Gasteiger partial charge in [0, 0.05) is 18.8 Å². The first kappa shape index (κ1) is 5.56. The molecule has 0 heterocycles. The molecule has 0 saturated heterocycles. The van der Waals surface area contributed by atoms with Gasteiger partial charge in [-0.15, -0.1) is 4.84 Å². The van der Waals surface area contributed by atoms with Gasteiger partial charge in [-0.05, 0) is 0 Å². The Hall–Kier alpha value is -0.440. The summed E-state index contributed by atoms with van der Waals surface area (Å²) in [6.45, 7) is 0. The molecule has 0 atom stereocenters. The Morgan fingerprint density at radius 2 is 2.33 bits per heavy atom. The van der Waals surface area contributed by atoms with E-state index in [1.807, 2.05) is 0 Å². The Morgan fingerprint density at radius 1 is 1.83 bits per heavy atom. The highest BCUT2D eigenvalue weighted by molar-refractivity contribution is 6.20. The molecule has 0 N–H and O–H groups in total. The second-order valence-electron chi connectivity index (χ2n) is 0.591. The van der Waals surface area contributed by atoms with Gasteiger partial charge in [0.1, 0.15) is 0 Å². The molecular formula is C2H3ClN2O. The van der Waals surface area contributed by atoms with Crippen molar-refractivity contribution in [3.8, 4) is 0 Å². The molecule has 0 spiro atoms. The van der Waals surface area contributed by atoms with Crippen molar-refractivity contribution in [1.29, 1.82) is 0 Å². The van der Waals surface area contributed by atoms with Crippen LogP contribution in [0.4, 0.5) is 4.79 Å². The van der Waals surface area contributed by atoms with E-state index in [0.717, 1.165) is 0 Å². The average molecular weight is 107 g/mol. The van der Waals surface area contributed by atoms with Crippen LogP contribution in [0.3, 0.4) is 0 Å². The first-order chi connectivity index (χ1) is 2.81. The van der Waals surface area contributed by atoms with Gasteiger partial charge < -0.3 is 0 Å². The molecule has 0 aliphatic rings. The molecule has 2 radical (unpaired) electrons. The van der Waals surface area contributed by atoms with Gasteiger partial charge in [0.05, 0.1) is 0 Å². The van der Waals surface area contributed by atoms with Crippen LogP contribution in [0.1, 0.15) is 0 Å². The lowest BCUT2D eigenvalue weighted by atomic mass is 11.0. The number of carbonyl (C=O) groups is 1. The lowest BCUT2D eigenvalue weighted by molar-refractivity contribution is 0.247. The van der Waals surface area contributed by atoms with Gasteiger partial charge >= 0.3 is 6.03 Å². The second-order valence-corrected chi connectivity index (χ2v) is 0.760. The largest absolute Gasteiger partial charge is 0.374 e. The summed E-state index contributed by atoms with van der Waals surface area (Å²) < 4.78 is 0. The molecular weight excluding hydrogens is 103 g/mol. The zero-order valence-electron chi connectivity index (χ0n) is 3.18. The van der Waals surface area contributed by atoms with Crippen molar-refractivity contribution in [2.24, 2.45) is 0 Å². The van der Waals surface area contributed by atoms with Crippen LogP contribution >= 0.6 is 11.8 Å². The van der Waals surface area contributed by atoms with E-state index in [2.05, 4.69) is 21.9 Å². The smallest absolute Gasteiger partial charge is 0.243 e. The molecule has 0 rings (SSSR count). The maximum atomic E-state index is 9.72. The summed E-state index contributed by atoms with van der Waals surface area (Å²) in [5.41, 5.74) is 0. The Balaban J connectivity index is 2.99. The zero-order valence-corrected chi connectivity index (χ0v) is 3.94. The van der Waals surface area contributed by atoms with Gasteiger partial charge in [0.2, 0.25) is 0 Å². The highest BCUT2D eigenvalue weighted by Crippen LogP contribution is 1.67. The molecule has 0 fully saturated rings. The van der Waals surface area contributed by atoms with Gasteiger partial charge in [-0.25, -0.2) is 10.1 Å². The van der Waals surface area contributed by atoms with Gasteiger partial charge in [-0.2, -0.15) is 0 Å². The minimum atomic E-state index is -0.642. The normalized spacial score (nSPS) is 7.00. The fraction of sp³-hybridized carbons (Fsp3) is 0.500. The van der Waals surface area contributed by atoms with Crippen LogP contribution in [-0.2, 0) is 0 Å². The van der Waals surface area contributed by atoms with Gasteiger partial charge in [-0.3, -0.25) is 0 Å². The van der Waals surface area contributed by atoms with Crippen LogP contribution < -0.4 is 10.2 Å². The number of carbonyl (C=O) groups excluding carboxylic acids is 1. The highest BCUT2D eigenvalue weighted by atomic mass is 35.5. The molecule has 3 nitrogen and oxygen atoms in total. The van der Waals surface area contributed by atoms with Crippen molar-refractivity contribution >= 4 is 17.8 Å². The number of urea groups is 1. The Bertz CT molecular complexity index is 49.5. The van der Waals surface area contributed by atoms with Crippen LogP contribution in [0.15, 0.2) is 0 Å². The van der Waals surface area contributed by atoms with E-state index in [1.165, 1.54) is 7.05 Å². The standard InChI is InChI=1S/C2H3ClN2O/c1-4-2(6)5-3/h1H3. The monoisotopic (exact) mass is 106 g/mol. The van der Waals surface area contributed by atoms with E-state index in [9.17, 15) is 4.79 Å². The maximum absolute atomic E-state index is 9.72. The van der Waals surface area contributed by atoms with Crippen molar-refractivity contribution in [3.05, 3.63) is 0 Å². The third-order valence-corrected chi connectivity index (χ3v) is 0.408. The molecule has 0 bridgehead atoms. The SMILES string of the molecule is C[N]C(=O)[N]Cl. The lowest BCUT2D eigenvalue weighted by Crippen LogP contribution is -2.13. The predicted molar refractivity (Wildman–Crippen MR) is 21.4 cm³/mol. The van der Waals surface area contributed by atoms with Gasteiger partial charge in [-0.1, -0.05) is 0 Å². The third-order valence-electron chi connectivity index (χ3n) is 0.264. The van der Waals surface area contributed by atoms with Crippen molar-refractivity contribution < 1.29 is 4.79 Å². The summed E-state index contributed by atoms with van der Waals surface area (Å²) in [7, 11) is 1.33. The van der Waals surface area contributed by atoms with E-state index in [4.69, 9.17) is 0 Å². The molecule has 0 aliphatic carbocycles. The zero-order chi connectivity index (χ0) is 4.99. The summed E-state index contributed by atoms with van der Waals surface area (Å²) in [6, 6.07) is -0.642. The van der Waals surface area contributed by atoms with Crippen molar-refractivity contribution in [2.45, 2.75) is 0 Å². The Morgan fingerprint density at radius 3 is 2.33 bits per heavy atom. The molecule has 0 aromatic rings. The topological polar surface area (TPSA) is 45.3 Å². The average Bonchev–Trinajstić information content (AvgIpc) is 1.65. The molecule has 34 valence electrons. The maximum Gasteiger partial charge on any atom is 0.374 e. The summed E-state index contributed by atoms with van der Waals surface area (Å²) >= 11 is 4.63. The fourth-order valence-corrected chi connectivity index (χ4v) is 0.113. The summed E-state index contributed by atoms with van der Waals surface area (Å²) in [4.78, 5) is 12.4. The van der Waals surface area contributed by atoms with Crippen molar-refractivity contribution in [1.82, 2.24) is 10.2 Å². The first-order valence-corrected chi connectivity index (χ1v) is 1.61. The van der Waals surface area contributed by atoms with Crippen LogP contribution in [0.25, 0.3) is 0 Å². The molecule has 0 saturated carbocycles. The summed E-state index contributed by atoms with van der Waals surface area (Å²) in [5.74, 6) is 0. The molecule has 2 amide bonds. The molecule has 0 aromatic heterocycles. The highest BCUT2D eigenvalue weighted by Gasteiger charge is 1.91.